The van der Waals surface area contributed by atoms with Gasteiger partial charge in [-0.2, -0.15) is 0 Å². The fourth-order valence-electron chi connectivity index (χ4n) is 11.5. The second-order valence-electron chi connectivity index (χ2n) is 26.8. The number of phosphoric ester groups is 1. The maximum absolute atomic E-state index is 13.2. The minimum Gasteiger partial charge on any atom is -0.756 e. The van der Waals surface area contributed by atoms with E-state index in [9.17, 15) is 38.6 Å². The summed E-state index contributed by atoms with van der Waals surface area (Å²) in [5.41, 5.74) is 0. The molecule has 0 fully saturated rings. The van der Waals surface area contributed by atoms with Crippen molar-refractivity contribution < 1.29 is 95.8 Å². The van der Waals surface area contributed by atoms with Crippen LogP contribution < -0.4 is 45.1 Å². The van der Waals surface area contributed by atoms with Crippen molar-refractivity contribution >= 4 is 45.4 Å². The molecule has 0 aromatic rings. The van der Waals surface area contributed by atoms with Crippen LogP contribution in [-0.4, -0.2) is 97.9 Å². The molecule has 0 radical (unpaired) electrons. The SMILES string of the molecule is C=P(O)(OCC(O)COP(=O)([O-])OCC(COC(=O)CCCCCCCCCCCCCCC)NC(=O)CCCCCCCCCCCCCCC)OCC(COC(=O)CCCCCCCCCCCCCCC)NC(=O)CCCCCCCCCCCCCCC.[Na+]. The van der Waals surface area contributed by atoms with E-state index >= 15 is 0 Å². The minimum atomic E-state index is -5.09. The fraction of sp³-hybridized carbons (Fsp3) is 0.932. The van der Waals surface area contributed by atoms with Crippen LogP contribution >= 0.6 is 15.4 Å². The smallest absolute Gasteiger partial charge is 0.756 e. The van der Waals surface area contributed by atoms with Gasteiger partial charge in [-0.1, -0.05) is 336 Å². The zero-order chi connectivity index (χ0) is 67.5. The molecule has 0 saturated heterocycles. The summed E-state index contributed by atoms with van der Waals surface area (Å²) in [6, 6.07) is -1.81. The first kappa shape index (κ1) is 94.2. The Hall–Kier alpha value is -0.870. The quantitative estimate of drug-likeness (QED) is 0.0192. The van der Waals surface area contributed by atoms with Crippen LogP contribution in [0.3, 0.4) is 0 Å². The van der Waals surface area contributed by atoms with E-state index in [-0.39, 0.29) is 92.8 Å². The molecule has 16 nitrogen and oxygen atoms in total. The van der Waals surface area contributed by atoms with Crippen molar-refractivity contribution in [2.24, 2.45) is 0 Å². The molecule has 0 aliphatic carbocycles. The number of carbonyl (C=O) groups excluding carboxylic acids is 4. The van der Waals surface area contributed by atoms with Gasteiger partial charge in [0.2, 0.25) is 19.4 Å². The van der Waals surface area contributed by atoms with Crippen molar-refractivity contribution in [3.63, 3.8) is 0 Å². The summed E-state index contributed by atoms with van der Waals surface area (Å²) in [5.74, 6) is -1.38. The molecule has 0 spiro atoms. The predicted molar refractivity (Wildman–Crippen MR) is 381 cm³/mol. The topological polar surface area (TPSA) is 228 Å². The van der Waals surface area contributed by atoms with Gasteiger partial charge in [0, 0.05) is 25.7 Å². The number of aliphatic hydroxyl groups is 1. The molecular weight excluding hydrogens is 1230 g/mol. The first-order chi connectivity index (χ1) is 44.7. The van der Waals surface area contributed by atoms with Crippen molar-refractivity contribution in [2.75, 3.05) is 39.6 Å². The molecular formula is C74H145N2NaO14P2. The molecule has 0 aliphatic rings. The van der Waals surface area contributed by atoms with Gasteiger partial charge in [-0.15, -0.1) is 0 Å². The molecule has 0 bridgehead atoms. The van der Waals surface area contributed by atoms with Gasteiger partial charge in [0.15, 0.2) is 0 Å². The number of esters is 2. The van der Waals surface area contributed by atoms with Gasteiger partial charge in [-0.25, -0.2) is 0 Å². The molecule has 19 heteroatoms. The van der Waals surface area contributed by atoms with Gasteiger partial charge in [-0.05, 0) is 32.0 Å². The van der Waals surface area contributed by atoms with Gasteiger partial charge in [0.05, 0.1) is 38.5 Å². The summed E-state index contributed by atoms with van der Waals surface area (Å²) < 4.78 is 45.4. The molecule has 0 aromatic carbocycles. The van der Waals surface area contributed by atoms with Crippen LogP contribution in [0, 0.1) is 0 Å². The van der Waals surface area contributed by atoms with E-state index < -0.39 is 59.4 Å². The van der Waals surface area contributed by atoms with Crippen LogP contribution in [0.2, 0.25) is 0 Å². The van der Waals surface area contributed by atoms with Crippen LogP contribution in [0.25, 0.3) is 0 Å². The molecule has 5 atom stereocenters. The van der Waals surface area contributed by atoms with Crippen LogP contribution in [0.4, 0.5) is 0 Å². The zero-order valence-corrected chi connectivity index (χ0v) is 64.8. The van der Waals surface area contributed by atoms with E-state index in [0.29, 0.717) is 25.7 Å². The number of hydrogen-bond acceptors (Lipinski definition) is 14. The summed E-state index contributed by atoms with van der Waals surface area (Å²) in [7, 11) is -9.01. The molecule has 0 heterocycles. The average Bonchev–Trinajstić information content (AvgIpc) is 3.51. The van der Waals surface area contributed by atoms with Gasteiger partial charge >= 0.3 is 41.5 Å². The second kappa shape index (κ2) is 71.0. The third-order valence-corrected chi connectivity index (χ3v) is 19.4. The van der Waals surface area contributed by atoms with E-state index in [1.807, 2.05) is 0 Å². The third kappa shape index (κ3) is 70.8. The molecule has 2 amide bonds. The summed E-state index contributed by atoms with van der Waals surface area (Å²) in [6.07, 6.45) is 64.6. The zero-order valence-electron chi connectivity index (χ0n) is 61.0. The normalized spacial score (nSPS) is 13.8. The monoisotopic (exact) mass is 1370 g/mol. The number of ether oxygens (including phenoxy) is 2. The van der Waals surface area contributed by atoms with E-state index in [4.69, 9.17) is 27.6 Å². The van der Waals surface area contributed by atoms with E-state index in [2.05, 4.69) is 44.6 Å². The standard InChI is InChI=1S/C74H146N2O14P2.Na/c1-6-10-14-18-22-26-30-34-38-42-46-50-54-58-71(78)75-68(62-85-73(80)60-56-52-48-44-40-36-32-28-24-20-16-12-8-3)64-87-91(5,82)88-66-70(77)67-90-92(83,84)89-65-69(76-72(79)59-55-51-47-43-39-35-31-27-23-19-15-11-7-2)63-86-74(81)61-57-53-49-45-41-37-33-29-25-21-17-13-9-4;/h68-70,77,82H,5-67H2,1-4H3,(H,75,78)(H,76,79)(H,83,84);/q;+1/p-1. The van der Waals surface area contributed by atoms with Crippen molar-refractivity contribution in [3.05, 3.63) is 0 Å². The summed E-state index contributed by atoms with van der Waals surface area (Å²) in [6.45, 7) is 6.14. The molecule has 5 unspecified atom stereocenters. The average molecular weight is 1370 g/mol. The van der Waals surface area contributed by atoms with Gasteiger partial charge in [0.1, 0.15) is 19.3 Å². The van der Waals surface area contributed by atoms with Crippen LogP contribution in [0.15, 0.2) is 0 Å². The minimum absolute atomic E-state index is 0. The molecule has 0 aliphatic heterocycles. The first-order valence-corrected chi connectivity index (χ1v) is 41.8. The Bertz CT molecular complexity index is 1650. The van der Waals surface area contributed by atoms with Crippen LogP contribution in [-0.2, 0) is 51.3 Å². The Labute approximate surface area is 593 Å². The summed E-state index contributed by atoms with van der Waals surface area (Å²) in [4.78, 5) is 76.0. The maximum Gasteiger partial charge on any atom is 1.00 e. The molecule has 4 N–H and O–H groups in total. The van der Waals surface area contributed by atoms with Gasteiger partial charge < -0.3 is 53.1 Å². The number of amides is 2. The Kier molecular flexibility index (Phi) is 71.9. The molecule has 0 aromatic heterocycles. The van der Waals surface area contributed by atoms with Gasteiger partial charge in [-0.3, -0.25) is 23.7 Å². The molecule has 0 rings (SSSR count). The van der Waals surface area contributed by atoms with Crippen molar-refractivity contribution in [3.8, 4) is 0 Å². The molecule has 0 saturated carbocycles. The van der Waals surface area contributed by atoms with Crippen LogP contribution in [0.1, 0.15) is 387 Å². The third-order valence-electron chi connectivity index (χ3n) is 17.4. The van der Waals surface area contributed by atoms with Crippen molar-refractivity contribution in [1.29, 1.82) is 0 Å². The largest absolute Gasteiger partial charge is 1.00 e. The number of nitrogens with one attached hydrogen (secondary N) is 2. The van der Waals surface area contributed by atoms with Crippen molar-refractivity contribution in [1.82, 2.24) is 10.6 Å². The molecule has 93 heavy (non-hydrogen) atoms. The summed E-state index contributed by atoms with van der Waals surface area (Å²) in [5, 5.41) is 16.4. The number of rotatable bonds is 74. The number of unbranched alkanes of at least 4 members (excludes halogenated alkanes) is 48. The Morgan fingerprint density at radius 3 is 0.817 bits per heavy atom. The Balaban J connectivity index is 0. The Morgan fingerprint density at radius 2 is 0.548 bits per heavy atom. The number of aliphatic hydroxyl groups excluding tert-OH is 1. The molecule has 546 valence electrons. The number of carbonyl (C=O) groups is 4. The number of hydrogen-bond donors (Lipinski definition) is 4. The Morgan fingerprint density at radius 1 is 0.344 bits per heavy atom. The van der Waals surface area contributed by atoms with E-state index in [0.717, 1.165) is 77.0 Å². The maximum atomic E-state index is 13.2. The fourth-order valence-corrected chi connectivity index (χ4v) is 13.1. The van der Waals surface area contributed by atoms with Crippen LogP contribution in [0.5, 0.6) is 0 Å². The van der Waals surface area contributed by atoms with E-state index in [1.54, 1.807) is 0 Å². The van der Waals surface area contributed by atoms with Gasteiger partial charge in [0.25, 0.3) is 7.82 Å². The number of phosphoric acid groups is 1. The second-order valence-corrected chi connectivity index (χ2v) is 30.0. The summed E-state index contributed by atoms with van der Waals surface area (Å²) >= 11 is 0. The van der Waals surface area contributed by atoms with E-state index in [1.165, 1.54) is 231 Å². The predicted octanol–water partition coefficient (Wildman–Crippen LogP) is 17.1. The first-order valence-electron chi connectivity index (χ1n) is 38.6. The van der Waals surface area contributed by atoms with Crippen molar-refractivity contribution in [2.45, 2.75) is 405 Å².